The number of hydrogen-bond acceptors (Lipinski definition) is 4. The molecule has 0 aliphatic heterocycles. The Balaban J connectivity index is 1.79. The number of nitrogens with zero attached hydrogens (tertiary/aromatic N) is 2. The second-order valence-electron chi connectivity index (χ2n) is 4.02. The van der Waals surface area contributed by atoms with E-state index in [1.54, 1.807) is 6.33 Å². The molecule has 0 bridgehead atoms. The minimum Gasteiger partial charge on any atom is -0.323 e. The molecule has 1 aromatic heterocycles. The van der Waals surface area contributed by atoms with Crippen LogP contribution in [0, 0.1) is 0 Å². The lowest BCUT2D eigenvalue weighted by Gasteiger charge is -2.13. The lowest BCUT2D eigenvalue weighted by Crippen LogP contribution is -2.15. The fraction of sp³-hybridized carbons (Fsp3) is 0.636. The van der Waals surface area contributed by atoms with Crippen LogP contribution in [-0.4, -0.2) is 21.0 Å². The van der Waals surface area contributed by atoms with Gasteiger partial charge in [0.25, 0.3) is 0 Å². The Morgan fingerprint density at radius 3 is 2.67 bits per heavy atom. The van der Waals surface area contributed by atoms with E-state index in [1.807, 2.05) is 24.2 Å². The van der Waals surface area contributed by atoms with Crippen LogP contribution in [0.2, 0.25) is 0 Å². The van der Waals surface area contributed by atoms with E-state index in [2.05, 4.69) is 9.97 Å². The van der Waals surface area contributed by atoms with Crippen molar-refractivity contribution in [2.75, 3.05) is 5.75 Å². The molecule has 2 rings (SSSR count). The third kappa shape index (κ3) is 3.18. The molecule has 4 heteroatoms. The first-order chi connectivity index (χ1) is 7.36. The minimum absolute atomic E-state index is 0.0804. The van der Waals surface area contributed by atoms with Crippen molar-refractivity contribution in [3.8, 4) is 0 Å². The molecule has 2 N–H and O–H groups in total. The molecule has 82 valence electrons. The third-order valence-corrected chi connectivity index (χ3v) is 4.32. The predicted octanol–water partition coefficient (Wildman–Crippen LogP) is 2.15. The zero-order valence-electron chi connectivity index (χ0n) is 8.80. The van der Waals surface area contributed by atoms with Gasteiger partial charge in [-0.15, -0.1) is 0 Å². The molecular weight excluding hydrogens is 206 g/mol. The van der Waals surface area contributed by atoms with Crippen molar-refractivity contribution in [1.29, 1.82) is 0 Å². The van der Waals surface area contributed by atoms with Crippen molar-refractivity contribution in [1.82, 2.24) is 9.97 Å². The molecule has 0 saturated heterocycles. The fourth-order valence-corrected chi connectivity index (χ4v) is 3.23. The van der Waals surface area contributed by atoms with Gasteiger partial charge in [-0.05, 0) is 12.8 Å². The smallest absolute Gasteiger partial charge is 0.115 e. The van der Waals surface area contributed by atoms with Gasteiger partial charge in [0.1, 0.15) is 6.33 Å². The summed E-state index contributed by atoms with van der Waals surface area (Å²) >= 11 is 2.01. The maximum Gasteiger partial charge on any atom is 0.115 e. The van der Waals surface area contributed by atoms with Crippen LogP contribution in [0.1, 0.15) is 37.3 Å². The summed E-state index contributed by atoms with van der Waals surface area (Å²) in [5.41, 5.74) is 7.12. The van der Waals surface area contributed by atoms with Gasteiger partial charge >= 0.3 is 0 Å². The summed E-state index contributed by atoms with van der Waals surface area (Å²) in [7, 11) is 0. The lowest BCUT2D eigenvalue weighted by atomic mass is 10.2. The molecule has 1 atom stereocenters. The van der Waals surface area contributed by atoms with E-state index in [-0.39, 0.29) is 6.04 Å². The Kier molecular flexibility index (Phi) is 3.97. The lowest BCUT2D eigenvalue weighted by molar-refractivity contribution is 0.805. The van der Waals surface area contributed by atoms with Crippen LogP contribution < -0.4 is 5.73 Å². The Hall–Kier alpha value is -0.610. The van der Waals surface area contributed by atoms with Gasteiger partial charge in [-0.1, -0.05) is 12.8 Å². The molecule has 1 aliphatic rings. The molecule has 1 heterocycles. The SMILES string of the molecule is NC(CSC1CCCC1)c1cncnc1. The monoisotopic (exact) mass is 223 g/mol. The van der Waals surface area contributed by atoms with E-state index >= 15 is 0 Å². The first kappa shape index (κ1) is 10.9. The standard InChI is InChI=1S/C11H17N3S/c12-11(9-5-13-8-14-6-9)7-15-10-3-1-2-4-10/h5-6,8,10-11H,1-4,7,12H2. The highest BCUT2D eigenvalue weighted by molar-refractivity contribution is 7.99. The van der Waals surface area contributed by atoms with E-state index in [9.17, 15) is 0 Å². The third-order valence-electron chi connectivity index (χ3n) is 2.82. The summed E-state index contributed by atoms with van der Waals surface area (Å²) in [6.07, 6.45) is 10.7. The predicted molar refractivity (Wildman–Crippen MR) is 63.7 cm³/mol. The van der Waals surface area contributed by atoms with E-state index in [4.69, 9.17) is 5.73 Å². The molecule has 1 unspecified atom stereocenters. The molecule has 0 radical (unpaired) electrons. The topological polar surface area (TPSA) is 51.8 Å². The van der Waals surface area contributed by atoms with Crippen LogP contribution in [0.5, 0.6) is 0 Å². The molecule has 1 fully saturated rings. The van der Waals surface area contributed by atoms with E-state index in [0.717, 1.165) is 16.6 Å². The van der Waals surface area contributed by atoms with Crippen molar-refractivity contribution in [3.05, 3.63) is 24.3 Å². The molecule has 0 spiro atoms. The van der Waals surface area contributed by atoms with Crippen LogP contribution in [0.4, 0.5) is 0 Å². The largest absolute Gasteiger partial charge is 0.323 e. The number of aromatic nitrogens is 2. The van der Waals surface area contributed by atoms with E-state index < -0.39 is 0 Å². The number of nitrogens with two attached hydrogens (primary N) is 1. The zero-order chi connectivity index (χ0) is 10.5. The Bertz CT molecular complexity index is 285. The van der Waals surface area contributed by atoms with Gasteiger partial charge in [0.05, 0.1) is 0 Å². The van der Waals surface area contributed by atoms with Crippen LogP contribution in [0.15, 0.2) is 18.7 Å². The first-order valence-electron chi connectivity index (χ1n) is 5.48. The summed E-state index contributed by atoms with van der Waals surface area (Å²) in [4.78, 5) is 7.97. The van der Waals surface area contributed by atoms with E-state index in [0.29, 0.717) is 0 Å². The summed E-state index contributed by atoms with van der Waals surface area (Å²) in [6.45, 7) is 0. The van der Waals surface area contributed by atoms with Gasteiger partial charge in [0.15, 0.2) is 0 Å². The summed E-state index contributed by atoms with van der Waals surface area (Å²) < 4.78 is 0. The van der Waals surface area contributed by atoms with Gasteiger partial charge in [-0.2, -0.15) is 11.8 Å². The van der Waals surface area contributed by atoms with Gasteiger partial charge in [-0.25, -0.2) is 9.97 Å². The molecule has 1 saturated carbocycles. The molecule has 15 heavy (non-hydrogen) atoms. The molecule has 3 nitrogen and oxygen atoms in total. The Labute approximate surface area is 94.9 Å². The van der Waals surface area contributed by atoms with Crippen molar-refractivity contribution in [2.45, 2.75) is 37.0 Å². The van der Waals surface area contributed by atoms with Crippen molar-refractivity contribution >= 4 is 11.8 Å². The quantitative estimate of drug-likeness (QED) is 0.849. The molecule has 1 aromatic rings. The molecular formula is C11H17N3S. The van der Waals surface area contributed by atoms with Gasteiger partial charge < -0.3 is 5.73 Å². The van der Waals surface area contributed by atoms with Gasteiger partial charge in [0.2, 0.25) is 0 Å². The Morgan fingerprint density at radius 1 is 1.33 bits per heavy atom. The highest BCUT2D eigenvalue weighted by Gasteiger charge is 2.17. The molecule has 1 aliphatic carbocycles. The fourth-order valence-electron chi connectivity index (χ4n) is 1.89. The summed E-state index contributed by atoms with van der Waals surface area (Å²) in [6, 6.07) is 0.0804. The van der Waals surface area contributed by atoms with Crippen LogP contribution >= 0.6 is 11.8 Å². The Morgan fingerprint density at radius 2 is 2.00 bits per heavy atom. The molecule has 0 aromatic carbocycles. The number of thioether (sulfide) groups is 1. The van der Waals surface area contributed by atoms with Crippen molar-refractivity contribution in [3.63, 3.8) is 0 Å². The van der Waals surface area contributed by atoms with E-state index in [1.165, 1.54) is 25.7 Å². The zero-order valence-corrected chi connectivity index (χ0v) is 9.62. The van der Waals surface area contributed by atoms with Crippen molar-refractivity contribution in [2.24, 2.45) is 5.73 Å². The molecule has 0 amide bonds. The van der Waals surface area contributed by atoms with Crippen LogP contribution in [0.25, 0.3) is 0 Å². The van der Waals surface area contributed by atoms with Crippen LogP contribution in [0.3, 0.4) is 0 Å². The highest BCUT2D eigenvalue weighted by Crippen LogP contribution is 2.31. The second kappa shape index (κ2) is 5.47. The average Bonchev–Trinajstić information content (AvgIpc) is 2.80. The van der Waals surface area contributed by atoms with Crippen molar-refractivity contribution < 1.29 is 0 Å². The second-order valence-corrected chi connectivity index (χ2v) is 5.35. The maximum absolute atomic E-state index is 6.07. The van der Waals surface area contributed by atoms with Crippen LogP contribution in [-0.2, 0) is 0 Å². The maximum atomic E-state index is 6.07. The summed E-state index contributed by atoms with van der Waals surface area (Å²) in [5.74, 6) is 0.984. The summed E-state index contributed by atoms with van der Waals surface area (Å²) in [5, 5.41) is 0.834. The normalized spacial score (nSPS) is 19.3. The van der Waals surface area contributed by atoms with Gasteiger partial charge in [0, 0.05) is 35.0 Å². The van der Waals surface area contributed by atoms with Gasteiger partial charge in [-0.3, -0.25) is 0 Å². The first-order valence-corrected chi connectivity index (χ1v) is 6.53. The highest BCUT2D eigenvalue weighted by atomic mass is 32.2. The number of hydrogen-bond donors (Lipinski definition) is 1. The minimum atomic E-state index is 0.0804. The number of rotatable bonds is 4. The average molecular weight is 223 g/mol.